The smallest absolute Gasteiger partial charge is 0.335 e. The number of H-pyrrole nitrogens is 1. The number of ether oxygens (including phenoxy) is 1. The van der Waals surface area contributed by atoms with Gasteiger partial charge in [-0.05, 0) is 49.4 Å². The van der Waals surface area contributed by atoms with Gasteiger partial charge in [0.1, 0.15) is 5.75 Å². The molecule has 106 valence electrons. The van der Waals surface area contributed by atoms with E-state index in [-0.39, 0.29) is 5.56 Å². The zero-order valence-corrected chi connectivity index (χ0v) is 11.5. The first-order valence-electron chi connectivity index (χ1n) is 6.63. The molecule has 5 heteroatoms. The molecule has 1 heterocycles. The van der Waals surface area contributed by atoms with Crippen LogP contribution in [0.4, 0.5) is 0 Å². The van der Waals surface area contributed by atoms with Gasteiger partial charge in [-0.3, -0.25) is 5.10 Å². The minimum absolute atomic E-state index is 0.246. The van der Waals surface area contributed by atoms with Crippen LogP contribution in [0.2, 0.25) is 0 Å². The Morgan fingerprint density at radius 2 is 2.00 bits per heavy atom. The second-order valence-corrected chi connectivity index (χ2v) is 4.60. The Kier molecular flexibility index (Phi) is 3.31. The van der Waals surface area contributed by atoms with Crippen molar-refractivity contribution in [1.29, 1.82) is 0 Å². The molecule has 5 nitrogen and oxygen atoms in total. The van der Waals surface area contributed by atoms with Gasteiger partial charge >= 0.3 is 5.97 Å². The van der Waals surface area contributed by atoms with Crippen LogP contribution in [-0.2, 0) is 0 Å². The van der Waals surface area contributed by atoms with Crippen LogP contribution in [0.3, 0.4) is 0 Å². The van der Waals surface area contributed by atoms with Gasteiger partial charge in [-0.15, -0.1) is 0 Å². The van der Waals surface area contributed by atoms with Crippen LogP contribution in [0.1, 0.15) is 17.3 Å². The summed E-state index contributed by atoms with van der Waals surface area (Å²) in [5.41, 5.74) is 2.70. The molecule has 2 N–H and O–H groups in total. The van der Waals surface area contributed by atoms with Crippen LogP contribution < -0.4 is 4.74 Å². The van der Waals surface area contributed by atoms with Gasteiger partial charge < -0.3 is 9.84 Å². The Hall–Kier alpha value is -2.82. The Morgan fingerprint density at radius 1 is 1.24 bits per heavy atom. The molecule has 0 spiro atoms. The van der Waals surface area contributed by atoms with E-state index in [4.69, 9.17) is 9.84 Å². The number of aromatic amines is 1. The lowest BCUT2D eigenvalue weighted by Crippen LogP contribution is -1.95. The molecule has 3 aromatic rings. The second-order valence-electron chi connectivity index (χ2n) is 4.60. The van der Waals surface area contributed by atoms with Gasteiger partial charge in [-0.25, -0.2) is 4.79 Å². The fourth-order valence-electron chi connectivity index (χ4n) is 2.24. The molecule has 0 unspecified atom stereocenters. The summed E-state index contributed by atoms with van der Waals surface area (Å²) in [5, 5.41) is 17.1. The number of benzene rings is 2. The van der Waals surface area contributed by atoms with E-state index < -0.39 is 5.97 Å². The standard InChI is InChI=1S/C16H14N2O3/c1-2-21-12-6-3-10(4-7-12)15-13-9-11(16(19)20)5-8-14(13)17-18-15/h3-9H,2H2,1H3,(H,17,18)(H,19,20). The third kappa shape index (κ3) is 2.45. The molecule has 0 aliphatic carbocycles. The van der Waals surface area contributed by atoms with Crippen molar-refractivity contribution in [3.63, 3.8) is 0 Å². The fraction of sp³-hybridized carbons (Fsp3) is 0.125. The Bertz CT molecular complexity index is 791. The minimum atomic E-state index is -0.948. The number of carboxylic acids is 1. The molecule has 1 aromatic heterocycles. The number of hydrogen-bond donors (Lipinski definition) is 2. The maximum Gasteiger partial charge on any atom is 0.335 e. The number of hydrogen-bond acceptors (Lipinski definition) is 3. The lowest BCUT2D eigenvalue weighted by atomic mass is 10.1. The minimum Gasteiger partial charge on any atom is -0.494 e. The van der Waals surface area contributed by atoms with E-state index in [1.807, 2.05) is 31.2 Å². The summed E-state index contributed by atoms with van der Waals surface area (Å²) in [6, 6.07) is 12.5. The Balaban J connectivity index is 2.07. The summed E-state index contributed by atoms with van der Waals surface area (Å²) in [5.74, 6) is -0.150. The highest BCUT2D eigenvalue weighted by Gasteiger charge is 2.11. The van der Waals surface area contributed by atoms with E-state index in [9.17, 15) is 4.79 Å². The summed E-state index contributed by atoms with van der Waals surface area (Å²) < 4.78 is 5.41. The molecule has 0 saturated heterocycles. The highest BCUT2D eigenvalue weighted by Crippen LogP contribution is 2.28. The molecular weight excluding hydrogens is 268 g/mol. The third-order valence-corrected chi connectivity index (χ3v) is 3.25. The van der Waals surface area contributed by atoms with Crippen molar-refractivity contribution in [2.45, 2.75) is 6.92 Å². The van der Waals surface area contributed by atoms with Crippen LogP contribution in [0.25, 0.3) is 22.2 Å². The van der Waals surface area contributed by atoms with Crippen molar-refractivity contribution in [2.24, 2.45) is 0 Å². The topological polar surface area (TPSA) is 75.2 Å². The van der Waals surface area contributed by atoms with Gasteiger partial charge in [0.15, 0.2) is 0 Å². The maximum absolute atomic E-state index is 11.1. The van der Waals surface area contributed by atoms with Crippen LogP contribution >= 0.6 is 0 Å². The van der Waals surface area contributed by atoms with Gasteiger partial charge in [-0.1, -0.05) is 0 Å². The number of aromatic nitrogens is 2. The molecule has 0 aliphatic rings. The molecule has 0 atom stereocenters. The highest BCUT2D eigenvalue weighted by atomic mass is 16.5. The Labute approximate surface area is 121 Å². The normalized spacial score (nSPS) is 10.7. The quantitative estimate of drug-likeness (QED) is 0.769. The number of carbonyl (C=O) groups is 1. The molecule has 2 aromatic carbocycles. The molecule has 0 fully saturated rings. The van der Waals surface area contributed by atoms with E-state index in [0.29, 0.717) is 6.61 Å². The number of fused-ring (bicyclic) bond motifs is 1. The fourth-order valence-corrected chi connectivity index (χ4v) is 2.24. The average molecular weight is 282 g/mol. The van der Waals surface area contributed by atoms with Gasteiger partial charge in [0, 0.05) is 10.9 Å². The zero-order valence-electron chi connectivity index (χ0n) is 11.5. The second kappa shape index (κ2) is 5.28. The van der Waals surface area contributed by atoms with E-state index >= 15 is 0 Å². The first kappa shape index (κ1) is 13.2. The SMILES string of the molecule is CCOc1ccc(-c2n[nH]c3ccc(C(=O)O)cc23)cc1. The number of carboxylic acid groups (broad SMARTS) is 1. The Morgan fingerprint density at radius 3 is 2.67 bits per heavy atom. The molecule has 0 radical (unpaired) electrons. The van der Waals surface area contributed by atoms with Crippen LogP contribution in [0, 0.1) is 0 Å². The monoisotopic (exact) mass is 282 g/mol. The van der Waals surface area contributed by atoms with Gasteiger partial charge in [0.2, 0.25) is 0 Å². The lowest BCUT2D eigenvalue weighted by Gasteiger charge is -2.04. The molecule has 0 amide bonds. The summed E-state index contributed by atoms with van der Waals surface area (Å²) in [4.78, 5) is 11.1. The molecule has 3 rings (SSSR count). The van der Waals surface area contributed by atoms with Crippen molar-refractivity contribution in [1.82, 2.24) is 10.2 Å². The van der Waals surface area contributed by atoms with Crippen molar-refractivity contribution >= 4 is 16.9 Å². The van der Waals surface area contributed by atoms with Gasteiger partial charge in [0.05, 0.1) is 23.4 Å². The van der Waals surface area contributed by atoms with Crippen molar-refractivity contribution in [3.05, 3.63) is 48.0 Å². The maximum atomic E-state index is 11.1. The third-order valence-electron chi connectivity index (χ3n) is 3.25. The van der Waals surface area contributed by atoms with E-state index in [1.54, 1.807) is 18.2 Å². The van der Waals surface area contributed by atoms with Crippen LogP contribution in [0.5, 0.6) is 5.75 Å². The summed E-state index contributed by atoms with van der Waals surface area (Å²) in [6.45, 7) is 2.55. The first-order valence-corrected chi connectivity index (χ1v) is 6.63. The molecule has 0 aliphatic heterocycles. The number of nitrogens with zero attached hydrogens (tertiary/aromatic N) is 1. The van der Waals surface area contributed by atoms with E-state index in [0.717, 1.165) is 27.9 Å². The van der Waals surface area contributed by atoms with Crippen LogP contribution in [0.15, 0.2) is 42.5 Å². The molecular formula is C16H14N2O3. The number of nitrogens with one attached hydrogen (secondary N) is 1. The van der Waals surface area contributed by atoms with Crippen molar-refractivity contribution < 1.29 is 14.6 Å². The van der Waals surface area contributed by atoms with Crippen molar-refractivity contribution in [2.75, 3.05) is 6.61 Å². The average Bonchev–Trinajstić information content (AvgIpc) is 2.91. The lowest BCUT2D eigenvalue weighted by molar-refractivity contribution is 0.0697. The number of rotatable bonds is 4. The highest BCUT2D eigenvalue weighted by molar-refractivity contribution is 5.98. The molecule has 21 heavy (non-hydrogen) atoms. The summed E-state index contributed by atoms with van der Waals surface area (Å²) in [7, 11) is 0. The summed E-state index contributed by atoms with van der Waals surface area (Å²) >= 11 is 0. The van der Waals surface area contributed by atoms with E-state index in [1.165, 1.54) is 0 Å². The molecule has 0 bridgehead atoms. The van der Waals surface area contributed by atoms with Gasteiger partial charge in [0.25, 0.3) is 0 Å². The van der Waals surface area contributed by atoms with Crippen LogP contribution in [-0.4, -0.2) is 27.9 Å². The largest absolute Gasteiger partial charge is 0.494 e. The number of aromatic carboxylic acids is 1. The van der Waals surface area contributed by atoms with Crippen molar-refractivity contribution in [3.8, 4) is 17.0 Å². The first-order chi connectivity index (χ1) is 10.2. The zero-order chi connectivity index (χ0) is 14.8. The van der Waals surface area contributed by atoms with Gasteiger partial charge in [-0.2, -0.15) is 5.10 Å². The predicted octanol–water partition coefficient (Wildman–Crippen LogP) is 3.33. The van der Waals surface area contributed by atoms with E-state index in [2.05, 4.69) is 10.2 Å². The predicted molar refractivity (Wildman–Crippen MR) is 79.7 cm³/mol. The molecule has 0 saturated carbocycles. The summed E-state index contributed by atoms with van der Waals surface area (Å²) in [6.07, 6.45) is 0.